The average molecular weight is 265 g/mol. The van der Waals surface area contributed by atoms with Crippen molar-refractivity contribution in [3.05, 3.63) is 29.6 Å². The molecule has 102 valence electrons. The molecular formula is C14H16FNO3. The molecule has 1 N–H and O–H groups in total. The highest BCUT2D eigenvalue weighted by atomic mass is 19.1. The first kappa shape index (κ1) is 13.5. The molecule has 1 aliphatic rings. The van der Waals surface area contributed by atoms with Gasteiger partial charge in [0.15, 0.2) is 11.9 Å². The van der Waals surface area contributed by atoms with Crippen molar-refractivity contribution in [1.82, 2.24) is 5.32 Å². The minimum absolute atomic E-state index is 0.0256. The van der Waals surface area contributed by atoms with E-state index in [2.05, 4.69) is 5.32 Å². The Hall–Kier alpha value is -1.91. The third kappa shape index (κ3) is 3.30. The summed E-state index contributed by atoms with van der Waals surface area (Å²) in [7, 11) is 0. The summed E-state index contributed by atoms with van der Waals surface area (Å²) in [5.74, 6) is -0.867. The van der Waals surface area contributed by atoms with Crippen molar-refractivity contribution < 1.29 is 18.7 Å². The van der Waals surface area contributed by atoms with E-state index in [1.807, 2.05) is 0 Å². The zero-order valence-corrected chi connectivity index (χ0v) is 10.7. The summed E-state index contributed by atoms with van der Waals surface area (Å²) in [5, 5.41) is 2.75. The molecule has 2 rings (SSSR count). The molecule has 0 radical (unpaired) electrons. The van der Waals surface area contributed by atoms with Crippen LogP contribution in [0.4, 0.5) is 4.39 Å². The molecule has 0 aromatic heterocycles. The SMILES string of the molecule is CC(=O)c1ccc(OC2CCCCNC2=O)cc1F. The molecule has 0 saturated carbocycles. The van der Waals surface area contributed by atoms with Crippen LogP contribution >= 0.6 is 0 Å². The van der Waals surface area contributed by atoms with Crippen molar-refractivity contribution in [3.8, 4) is 5.75 Å². The quantitative estimate of drug-likeness (QED) is 0.851. The fourth-order valence-electron chi connectivity index (χ4n) is 2.04. The van der Waals surface area contributed by atoms with E-state index < -0.39 is 11.9 Å². The molecule has 0 aliphatic carbocycles. The molecule has 4 nitrogen and oxygen atoms in total. The number of amides is 1. The molecule has 0 spiro atoms. The summed E-state index contributed by atoms with van der Waals surface area (Å²) < 4.78 is 19.1. The number of halogens is 1. The van der Waals surface area contributed by atoms with E-state index in [0.29, 0.717) is 13.0 Å². The number of rotatable bonds is 3. The Morgan fingerprint density at radius 1 is 1.42 bits per heavy atom. The minimum atomic E-state index is -0.626. The van der Waals surface area contributed by atoms with Crippen molar-refractivity contribution in [3.63, 3.8) is 0 Å². The second kappa shape index (κ2) is 5.82. The average Bonchev–Trinajstić information content (AvgIpc) is 2.55. The first-order chi connectivity index (χ1) is 9.08. The molecule has 1 unspecified atom stereocenters. The maximum absolute atomic E-state index is 13.6. The Morgan fingerprint density at radius 3 is 2.89 bits per heavy atom. The predicted molar refractivity (Wildman–Crippen MR) is 67.7 cm³/mol. The molecule has 0 bridgehead atoms. The summed E-state index contributed by atoms with van der Waals surface area (Å²) in [6, 6.07) is 4.04. The van der Waals surface area contributed by atoms with E-state index in [-0.39, 0.29) is 23.0 Å². The van der Waals surface area contributed by atoms with Gasteiger partial charge < -0.3 is 10.1 Å². The Morgan fingerprint density at radius 2 is 2.21 bits per heavy atom. The van der Waals surface area contributed by atoms with Crippen LogP contribution in [0, 0.1) is 5.82 Å². The van der Waals surface area contributed by atoms with Gasteiger partial charge >= 0.3 is 0 Å². The van der Waals surface area contributed by atoms with Crippen LogP contribution in [-0.4, -0.2) is 24.3 Å². The fourth-order valence-corrected chi connectivity index (χ4v) is 2.04. The van der Waals surface area contributed by atoms with Crippen molar-refractivity contribution in [2.24, 2.45) is 0 Å². The summed E-state index contributed by atoms with van der Waals surface area (Å²) in [4.78, 5) is 22.8. The van der Waals surface area contributed by atoms with Gasteiger partial charge in [0, 0.05) is 12.6 Å². The molecular weight excluding hydrogens is 249 g/mol. The van der Waals surface area contributed by atoms with Crippen LogP contribution in [0.25, 0.3) is 0 Å². The number of benzene rings is 1. The second-order valence-electron chi connectivity index (χ2n) is 4.59. The zero-order chi connectivity index (χ0) is 13.8. The van der Waals surface area contributed by atoms with Gasteiger partial charge in [0.2, 0.25) is 0 Å². The predicted octanol–water partition coefficient (Wildman–Crippen LogP) is 2.08. The smallest absolute Gasteiger partial charge is 0.261 e. The monoisotopic (exact) mass is 265 g/mol. The Balaban J connectivity index is 2.12. The van der Waals surface area contributed by atoms with Crippen LogP contribution in [0.15, 0.2) is 18.2 Å². The topological polar surface area (TPSA) is 55.4 Å². The molecule has 1 aliphatic heterocycles. The molecule has 1 aromatic rings. The Kier molecular flexibility index (Phi) is 4.14. The fraction of sp³-hybridized carbons (Fsp3) is 0.429. The van der Waals surface area contributed by atoms with Crippen LogP contribution in [0.2, 0.25) is 0 Å². The molecule has 5 heteroatoms. The van der Waals surface area contributed by atoms with Crippen LogP contribution in [0.1, 0.15) is 36.5 Å². The van der Waals surface area contributed by atoms with Crippen LogP contribution < -0.4 is 10.1 Å². The largest absolute Gasteiger partial charge is 0.481 e. The maximum atomic E-state index is 13.6. The summed E-state index contributed by atoms with van der Waals surface area (Å²) in [6.45, 7) is 1.95. The minimum Gasteiger partial charge on any atom is -0.481 e. The highest BCUT2D eigenvalue weighted by Crippen LogP contribution is 2.20. The third-order valence-corrected chi connectivity index (χ3v) is 3.08. The summed E-state index contributed by atoms with van der Waals surface area (Å²) in [6.07, 6.45) is 1.83. The standard InChI is InChI=1S/C14H16FNO3/c1-9(17)11-6-5-10(8-12(11)15)19-13-4-2-3-7-16-14(13)18/h5-6,8,13H,2-4,7H2,1H3,(H,16,18). The van der Waals surface area contributed by atoms with E-state index in [0.717, 1.165) is 18.9 Å². The van der Waals surface area contributed by atoms with Gasteiger partial charge in [-0.3, -0.25) is 9.59 Å². The molecule has 1 saturated heterocycles. The first-order valence-corrected chi connectivity index (χ1v) is 6.33. The van der Waals surface area contributed by atoms with Crippen molar-refractivity contribution in [2.75, 3.05) is 6.54 Å². The highest BCUT2D eigenvalue weighted by molar-refractivity contribution is 5.94. The maximum Gasteiger partial charge on any atom is 0.261 e. The lowest BCUT2D eigenvalue weighted by Crippen LogP contribution is -2.36. The van der Waals surface area contributed by atoms with E-state index in [1.165, 1.54) is 19.1 Å². The van der Waals surface area contributed by atoms with E-state index >= 15 is 0 Å². The molecule has 1 atom stereocenters. The number of ether oxygens (including phenoxy) is 1. The van der Waals surface area contributed by atoms with Gasteiger partial charge in [-0.2, -0.15) is 0 Å². The van der Waals surface area contributed by atoms with Gasteiger partial charge in [-0.25, -0.2) is 4.39 Å². The third-order valence-electron chi connectivity index (χ3n) is 3.08. The van der Waals surface area contributed by atoms with E-state index in [9.17, 15) is 14.0 Å². The number of hydrogen-bond acceptors (Lipinski definition) is 3. The van der Waals surface area contributed by atoms with E-state index in [4.69, 9.17) is 4.74 Å². The number of carbonyl (C=O) groups excluding carboxylic acids is 2. The number of hydrogen-bond donors (Lipinski definition) is 1. The lowest BCUT2D eigenvalue weighted by molar-refractivity contribution is -0.127. The Labute approximate surface area is 110 Å². The van der Waals surface area contributed by atoms with Gasteiger partial charge in [0.05, 0.1) is 5.56 Å². The van der Waals surface area contributed by atoms with Crippen molar-refractivity contribution in [2.45, 2.75) is 32.3 Å². The van der Waals surface area contributed by atoms with Gasteiger partial charge in [0.1, 0.15) is 11.6 Å². The van der Waals surface area contributed by atoms with Crippen LogP contribution in [-0.2, 0) is 4.79 Å². The van der Waals surface area contributed by atoms with Gasteiger partial charge in [-0.15, -0.1) is 0 Å². The molecule has 19 heavy (non-hydrogen) atoms. The lowest BCUT2D eigenvalue weighted by Gasteiger charge is -2.16. The van der Waals surface area contributed by atoms with Crippen molar-refractivity contribution >= 4 is 11.7 Å². The number of Topliss-reactive ketones (excluding diaryl/α,β-unsaturated/α-hetero) is 1. The highest BCUT2D eigenvalue weighted by Gasteiger charge is 2.22. The van der Waals surface area contributed by atoms with Gasteiger partial charge in [-0.1, -0.05) is 0 Å². The molecule has 1 heterocycles. The van der Waals surface area contributed by atoms with E-state index in [1.54, 1.807) is 0 Å². The number of nitrogens with one attached hydrogen (secondary N) is 1. The number of carbonyl (C=O) groups is 2. The summed E-state index contributed by atoms with van der Waals surface area (Å²) >= 11 is 0. The lowest BCUT2D eigenvalue weighted by atomic mass is 10.1. The first-order valence-electron chi connectivity index (χ1n) is 6.33. The van der Waals surface area contributed by atoms with Crippen LogP contribution in [0.3, 0.4) is 0 Å². The van der Waals surface area contributed by atoms with Gasteiger partial charge in [0.25, 0.3) is 5.91 Å². The van der Waals surface area contributed by atoms with Crippen molar-refractivity contribution in [1.29, 1.82) is 0 Å². The number of ketones is 1. The molecule has 1 aromatic carbocycles. The zero-order valence-electron chi connectivity index (χ0n) is 10.7. The molecule has 1 amide bonds. The summed E-state index contributed by atoms with van der Waals surface area (Å²) in [5.41, 5.74) is 0.0256. The normalized spacial score (nSPS) is 19.5. The Bertz CT molecular complexity index is 501. The second-order valence-corrected chi connectivity index (χ2v) is 4.59. The molecule has 1 fully saturated rings. The van der Waals surface area contributed by atoms with Crippen LogP contribution in [0.5, 0.6) is 5.75 Å². The van der Waals surface area contributed by atoms with Gasteiger partial charge in [-0.05, 0) is 38.3 Å².